The van der Waals surface area contributed by atoms with Gasteiger partial charge in [-0.1, -0.05) is 60.1 Å². The van der Waals surface area contributed by atoms with E-state index in [0.717, 1.165) is 25.7 Å². The molecule has 0 aromatic rings. The highest BCUT2D eigenvalue weighted by atomic mass is 16.8. The minimum Gasteiger partial charge on any atom is -0.432 e. The first-order valence-corrected chi connectivity index (χ1v) is 30.0. The zero-order valence-electron chi connectivity index (χ0n) is 48.8. The molecule has 0 aromatic heterocycles. The van der Waals surface area contributed by atoms with Crippen molar-refractivity contribution >= 4 is 5.97 Å². The molecule has 9 fully saturated rings. The second-order valence-corrected chi connectivity index (χ2v) is 28.2. The lowest BCUT2D eigenvalue weighted by atomic mass is 9.33. The van der Waals surface area contributed by atoms with Gasteiger partial charge in [-0.3, -0.25) is 4.79 Å². The second kappa shape index (κ2) is 23.6. The van der Waals surface area contributed by atoms with Crippen LogP contribution in [0.1, 0.15) is 120 Å². The number of aliphatic hydroxyl groups is 14. The van der Waals surface area contributed by atoms with E-state index >= 15 is 4.79 Å². The predicted octanol–water partition coefficient (Wildman–Crippen LogP) is -1.91. The largest absolute Gasteiger partial charge is 0.432 e. The molecule has 5 saturated heterocycles. The highest BCUT2D eigenvalue weighted by Gasteiger charge is 2.70. The zero-order valence-corrected chi connectivity index (χ0v) is 48.8. The van der Waals surface area contributed by atoms with Gasteiger partial charge in [0.15, 0.2) is 25.2 Å². The van der Waals surface area contributed by atoms with Gasteiger partial charge < -0.3 is 119 Å². The maximum atomic E-state index is 15.2. The van der Waals surface area contributed by atoms with Crippen molar-refractivity contribution in [1.82, 2.24) is 0 Å². The average Bonchev–Trinajstić information content (AvgIpc) is 1.63. The summed E-state index contributed by atoms with van der Waals surface area (Å²) in [5, 5.41) is 150. The van der Waals surface area contributed by atoms with Crippen LogP contribution in [0.5, 0.6) is 0 Å². The van der Waals surface area contributed by atoms with Crippen LogP contribution < -0.4 is 0 Å². The monoisotopic (exact) mass is 1190 g/mol. The molecule has 476 valence electrons. The van der Waals surface area contributed by atoms with Crippen molar-refractivity contribution < 1.29 is 124 Å². The number of rotatable bonds is 12. The van der Waals surface area contributed by atoms with Gasteiger partial charge in [-0.2, -0.15) is 0 Å². The van der Waals surface area contributed by atoms with Crippen LogP contribution in [-0.2, 0) is 52.2 Å². The van der Waals surface area contributed by atoms with Gasteiger partial charge in [0.25, 0.3) is 0 Å². The third-order valence-electron chi connectivity index (χ3n) is 22.7. The Kier molecular flexibility index (Phi) is 18.3. The molecule has 10 aliphatic rings. The zero-order chi connectivity index (χ0) is 60.4. The molecular formula is C58H94O25. The number of hydrogen-bond donors (Lipinski definition) is 14. The third-order valence-corrected chi connectivity index (χ3v) is 22.7. The Balaban J connectivity index is 0.824. The highest BCUT2D eigenvalue weighted by Crippen LogP contribution is 2.76. The molecule has 0 aromatic carbocycles. The van der Waals surface area contributed by atoms with E-state index < -0.39 is 171 Å². The normalized spacial score (nSPS) is 54.2. The SMILES string of the molecule is C[C@@H]1O[C@@H](O[C@H]2[C@H](O)[C@@H](O)[C@H](OC[C@H]3O[C@@H](OC(=O)[C@]45CCC(C)(C)C[C@H]4C4=CC[C@@H]6[C@@]7(C)CC[C@H](O[C@@H]8OC[C@H](O)[C@H](O)[C@H]8O[C@@H]8OC[C@@H](O)[C@H](O)[C@H]8O)C(C)(C)[C@@H]7CC[C@@]6(C)[C@]4(C)CC5)[C@H](O)[C@@H](O)[C@@H]3O)O[C@@H]2CO)[C@H](O)[C@H](O)[C@H]1O. The first kappa shape index (κ1) is 64.3. The van der Waals surface area contributed by atoms with Gasteiger partial charge in [0.05, 0.1) is 44.1 Å². The molecule has 25 heteroatoms. The molecule has 5 heterocycles. The Bertz CT molecular complexity index is 2310. The van der Waals surface area contributed by atoms with Crippen molar-refractivity contribution in [2.24, 2.45) is 50.2 Å². The minimum absolute atomic E-state index is 0.149. The fourth-order valence-corrected chi connectivity index (χ4v) is 17.3. The lowest BCUT2D eigenvalue weighted by Gasteiger charge is -2.71. The van der Waals surface area contributed by atoms with Crippen LogP contribution in [-0.4, -0.2) is 251 Å². The smallest absolute Gasteiger partial charge is 0.315 e. The summed E-state index contributed by atoms with van der Waals surface area (Å²) >= 11 is 0. The van der Waals surface area contributed by atoms with Gasteiger partial charge in [0, 0.05) is 0 Å². The van der Waals surface area contributed by atoms with Crippen molar-refractivity contribution in [2.75, 3.05) is 26.4 Å². The quantitative estimate of drug-likeness (QED) is 0.0576. The van der Waals surface area contributed by atoms with E-state index in [-0.39, 0.29) is 58.7 Å². The molecule has 10 rings (SSSR count). The van der Waals surface area contributed by atoms with Crippen molar-refractivity contribution in [2.45, 2.75) is 267 Å². The van der Waals surface area contributed by atoms with E-state index in [1.165, 1.54) is 12.5 Å². The second-order valence-electron chi connectivity index (χ2n) is 28.2. The summed E-state index contributed by atoms with van der Waals surface area (Å²) in [6, 6.07) is 0. The number of esters is 1. The predicted molar refractivity (Wildman–Crippen MR) is 282 cm³/mol. The van der Waals surface area contributed by atoms with Gasteiger partial charge in [-0.05, 0) is 116 Å². The summed E-state index contributed by atoms with van der Waals surface area (Å²) in [4.78, 5) is 15.2. The number of carbonyl (C=O) groups excluding carboxylic acids is 1. The molecule has 5 aliphatic heterocycles. The Morgan fingerprint density at radius 2 is 1.17 bits per heavy atom. The standard InChI is InChI=1S/C58H94O25/c1-24-34(62)38(66)42(70)49(77-24)81-45-29(20-59)78-47(44(72)40(45)68)76-23-30-37(65)39(67)43(71)50(79-30)83-52(73)58-17-15-53(2,3)19-26(58)25-9-10-32-55(6)13-12-33(54(4,5)31(55)11-14-57(32,8)56(25,7)16-18-58)80-51-46(36(64)28(61)22-75-51)82-48-41(69)35(63)27(60)21-74-48/h9,24,26-51,59-72H,10-23H2,1-8H3/t24-,26-,27+,28-,29+,30+,31-,32+,33-,34-,35-,36-,37+,38+,39-,40+,41+,42+,43+,44+,45+,46+,47+,48-,49-,50-,51-,55-,56+,57+,58-/m0/s1. The van der Waals surface area contributed by atoms with E-state index in [4.69, 9.17) is 47.4 Å². The average molecular weight is 1190 g/mol. The summed E-state index contributed by atoms with van der Waals surface area (Å²) in [7, 11) is 0. The van der Waals surface area contributed by atoms with Gasteiger partial charge in [0.1, 0.15) is 104 Å². The maximum Gasteiger partial charge on any atom is 0.315 e. The Labute approximate surface area is 483 Å². The van der Waals surface area contributed by atoms with Gasteiger partial charge in [-0.15, -0.1) is 0 Å². The van der Waals surface area contributed by atoms with E-state index in [1.54, 1.807) is 0 Å². The third kappa shape index (κ3) is 10.9. The first-order valence-electron chi connectivity index (χ1n) is 30.0. The molecule has 0 bridgehead atoms. The molecule has 0 unspecified atom stereocenters. The summed E-state index contributed by atoms with van der Waals surface area (Å²) in [6.07, 6.45) is -26.8. The minimum atomic E-state index is -1.88. The molecule has 0 radical (unpaired) electrons. The van der Waals surface area contributed by atoms with Crippen LogP contribution in [0.3, 0.4) is 0 Å². The molecule has 4 saturated carbocycles. The fourth-order valence-electron chi connectivity index (χ4n) is 17.3. The van der Waals surface area contributed by atoms with Crippen molar-refractivity contribution in [3.8, 4) is 0 Å². The highest BCUT2D eigenvalue weighted by molar-refractivity contribution is 5.79. The van der Waals surface area contributed by atoms with Crippen LogP contribution >= 0.6 is 0 Å². The lowest BCUT2D eigenvalue weighted by molar-refractivity contribution is -0.361. The van der Waals surface area contributed by atoms with Crippen LogP contribution in [0, 0.1) is 50.2 Å². The van der Waals surface area contributed by atoms with Crippen molar-refractivity contribution in [3.63, 3.8) is 0 Å². The van der Waals surface area contributed by atoms with Crippen LogP contribution in [0.25, 0.3) is 0 Å². The fraction of sp³-hybridized carbons (Fsp3) is 0.948. The van der Waals surface area contributed by atoms with Crippen LogP contribution in [0.15, 0.2) is 11.6 Å². The van der Waals surface area contributed by atoms with E-state index in [2.05, 4.69) is 54.5 Å². The van der Waals surface area contributed by atoms with E-state index in [9.17, 15) is 71.5 Å². The topological polar surface area (TPSA) is 393 Å². The van der Waals surface area contributed by atoms with Gasteiger partial charge in [0.2, 0.25) is 6.29 Å². The maximum absolute atomic E-state index is 15.2. The molecule has 25 nitrogen and oxygen atoms in total. The molecular weight excluding hydrogens is 1100 g/mol. The van der Waals surface area contributed by atoms with Gasteiger partial charge >= 0.3 is 5.97 Å². The van der Waals surface area contributed by atoms with Crippen molar-refractivity contribution in [3.05, 3.63) is 11.6 Å². The molecule has 0 spiro atoms. The van der Waals surface area contributed by atoms with Crippen LogP contribution in [0.4, 0.5) is 0 Å². The molecule has 31 atom stereocenters. The van der Waals surface area contributed by atoms with Gasteiger partial charge in [-0.25, -0.2) is 0 Å². The number of hydrogen-bond acceptors (Lipinski definition) is 25. The number of fused-ring (bicyclic) bond motifs is 7. The molecule has 5 aliphatic carbocycles. The molecule has 0 amide bonds. The number of carbonyl (C=O) groups is 1. The lowest BCUT2D eigenvalue weighted by Crippen LogP contribution is -2.66. The number of ether oxygens (including phenoxy) is 10. The Morgan fingerprint density at radius 1 is 0.566 bits per heavy atom. The molecule has 83 heavy (non-hydrogen) atoms. The summed E-state index contributed by atoms with van der Waals surface area (Å²) in [6.45, 7) is 15.5. The summed E-state index contributed by atoms with van der Waals surface area (Å²) in [5.74, 6) is -0.440. The number of aliphatic hydroxyl groups excluding tert-OH is 14. The van der Waals surface area contributed by atoms with E-state index in [1.807, 2.05) is 0 Å². The Morgan fingerprint density at radius 3 is 1.87 bits per heavy atom. The first-order chi connectivity index (χ1) is 38.8. The van der Waals surface area contributed by atoms with Crippen LogP contribution in [0.2, 0.25) is 0 Å². The van der Waals surface area contributed by atoms with E-state index in [0.29, 0.717) is 38.5 Å². The molecule has 14 N–H and O–H groups in total. The number of allylic oxidation sites excluding steroid dienone is 2. The van der Waals surface area contributed by atoms with Crippen molar-refractivity contribution in [1.29, 1.82) is 0 Å². The summed E-state index contributed by atoms with van der Waals surface area (Å²) < 4.78 is 59.3. The Hall–Kier alpha value is -1.71. The summed E-state index contributed by atoms with van der Waals surface area (Å²) in [5.41, 5.74) is -1.10.